The van der Waals surface area contributed by atoms with Crippen LogP contribution in [0.5, 0.6) is 0 Å². The number of ketones is 1. The quantitative estimate of drug-likeness (QED) is 0.595. The summed E-state index contributed by atoms with van der Waals surface area (Å²) in [6, 6.07) is 0. The Kier molecular flexibility index (Phi) is 2.58. The number of carbonyl (C=O) groups excluding carboxylic acids is 1. The second-order valence-corrected chi connectivity index (χ2v) is 6.93. The van der Waals surface area contributed by atoms with Crippen LogP contribution >= 0.6 is 0 Å². The maximum Gasteiger partial charge on any atom is 0.159 e. The fourth-order valence-electron chi connectivity index (χ4n) is 5.37. The van der Waals surface area contributed by atoms with Crippen molar-refractivity contribution in [2.75, 3.05) is 0 Å². The van der Waals surface area contributed by atoms with Gasteiger partial charge in [-0.15, -0.1) is 0 Å². The minimum Gasteiger partial charge on any atom is -0.295 e. The van der Waals surface area contributed by atoms with Crippen LogP contribution in [0.1, 0.15) is 38.5 Å². The molecule has 0 heterocycles. The summed E-state index contributed by atoms with van der Waals surface area (Å²) in [5.41, 5.74) is 2.62. The Morgan fingerprint density at radius 1 is 1.11 bits per heavy atom. The summed E-state index contributed by atoms with van der Waals surface area (Å²) in [7, 11) is 0. The number of hydrogen-bond acceptors (Lipinski definition) is 1. The molecule has 5 atom stereocenters. The minimum atomic E-state index is 0.283. The van der Waals surface area contributed by atoms with E-state index in [0.29, 0.717) is 12.3 Å². The number of allylic oxidation sites excluding steroid dienone is 5. The van der Waals surface area contributed by atoms with E-state index in [9.17, 15) is 4.79 Å². The standard InChI is InChI=1S/C18H22O/c1-11-9-14(19)10-13-6-7-16-15-4-2-3-12(15)5-8-17(16)18(11)13/h2-3,10,12,15-18H,1,4-9H2. The van der Waals surface area contributed by atoms with Gasteiger partial charge in [-0.05, 0) is 61.9 Å². The lowest BCUT2D eigenvalue weighted by molar-refractivity contribution is -0.114. The van der Waals surface area contributed by atoms with E-state index in [0.717, 1.165) is 30.1 Å². The van der Waals surface area contributed by atoms with Gasteiger partial charge in [0.25, 0.3) is 0 Å². The SMILES string of the molecule is C=C1CC(=O)C=C2CCC3C4CC=CC4CCC3C12. The van der Waals surface area contributed by atoms with Crippen LogP contribution in [0.15, 0.2) is 36.0 Å². The first kappa shape index (κ1) is 11.7. The molecule has 19 heavy (non-hydrogen) atoms. The lowest BCUT2D eigenvalue weighted by Crippen LogP contribution is -2.41. The van der Waals surface area contributed by atoms with Crippen molar-refractivity contribution in [3.8, 4) is 0 Å². The van der Waals surface area contributed by atoms with Crippen molar-refractivity contribution in [3.63, 3.8) is 0 Å². The molecule has 4 rings (SSSR count). The number of rotatable bonds is 0. The zero-order chi connectivity index (χ0) is 13.0. The van der Waals surface area contributed by atoms with Gasteiger partial charge in [0.05, 0.1) is 0 Å². The zero-order valence-electron chi connectivity index (χ0n) is 11.5. The van der Waals surface area contributed by atoms with Gasteiger partial charge in [0.15, 0.2) is 5.78 Å². The third-order valence-electron chi connectivity index (χ3n) is 6.06. The average Bonchev–Trinajstić information content (AvgIpc) is 2.85. The fourth-order valence-corrected chi connectivity index (χ4v) is 5.37. The molecule has 4 aliphatic carbocycles. The summed E-state index contributed by atoms with van der Waals surface area (Å²) in [5, 5.41) is 0. The Hall–Kier alpha value is -1.11. The van der Waals surface area contributed by atoms with Gasteiger partial charge in [0, 0.05) is 12.3 Å². The molecular formula is C18H22O. The van der Waals surface area contributed by atoms with Gasteiger partial charge < -0.3 is 0 Å². The van der Waals surface area contributed by atoms with E-state index in [1.54, 1.807) is 0 Å². The topological polar surface area (TPSA) is 17.1 Å². The predicted octanol–water partition coefficient (Wildman–Crippen LogP) is 4.07. The summed E-state index contributed by atoms with van der Waals surface area (Å²) in [6.07, 6.45) is 13.9. The maximum atomic E-state index is 11.7. The van der Waals surface area contributed by atoms with E-state index in [1.165, 1.54) is 36.8 Å². The fraction of sp³-hybridized carbons (Fsp3) is 0.611. The minimum absolute atomic E-state index is 0.283. The zero-order valence-corrected chi connectivity index (χ0v) is 11.5. The number of hydrogen-bond donors (Lipinski definition) is 0. The van der Waals surface area contributed by atoms with Crippen LogP contribution in [0.25, 0.3) is 0 Å². The van der Waals surface area contributed by atoms with Gasteiger partial charge in [0.2, 0.25) is 0 Å². The van der Waals surface area contributed by atoms with E-state index in [2.05, 4.69) is 18.7 Å². The number of fused-ring (bicyclic) bond motifs is 5. The Labute approximate surface area is 115 Å². The second-order valence-electron chi connectivity index (χ2n) is 6.93. The molecule has 100 valence electrons. The van der Waals surface area contributed by atoms with Crippen molar-refractivity contribution in [2.45, 2.75) is 38.5 Å². The average molecular weight is 254 g/mol. The van der Waals surface area contributed by atoms with Gasteiger partial charge >= 0.3 is 0 Å². The molecule has 2 saturated carbocycles. The van der Waals surface area contributed by atoms with Crippen molar-refractivity contribution in [1.82, 2.24) is 0 Å². The van der Waals surface area contributed by atoms with Crippen LogP contribution in [0.4, 0.5) is 0 Å². The van der Waals surface area contributed by atoms with Gasteiger partial charge in [-0.2, -0.15) is 0 Å². The monoisotopic (exact) mass is 254 g/mol. The van der Waals surface area contributed by atoms with Crippen LogP contribution in [-0.2, 0) is 4.79 Å². The normalized spacial score (nSPS) is 44.4. The van der Waals surface area contributed by atoms with Crippen LogP contribution < -0.4 is 0 Å². The predicted molar refractivity (Wildman–Crippen MR) is 76.5 cm³/mol. The highest BCUT2D eigenvalue weighted by molar-refractivity contribution is 5.93. The van der Waals surface area contributed by atoms with Crippen LogP contribution in [-0.4, -0.2) is 5.78 Å². The first-order chi connectivity index (χ1) is 9.24. The van der Waals surface area contributed by atoms with Crippen LogP contribution in [0.3, 0.4) is 0 Å². The first-order valence-corrected chi connectivity index (χ1v) is 7.81. The molecule has 0 aromatic rings. The molecule has 5 unspecified atom stereocenters. The molecule has 0 saturated heterocycles. The summed E-state index contributed by atoms with van der Waals surface area (Å²) in [5.74, 6) is 4.22. The van der Waals surface area contributed by atoms with Crippen molar-refractivity contribution < 1.29 is 4.79 Å². The Balaban J connectivity index is 1.67. The van der Waals surface area contributed by atoms with Gasteiger partial charge in [0.1, 0.15) is 0 Å². The molecular weight excluding hydrogens is 232 g/mol. The Morgan fingerprint density at radius 2 is 2.00 bits per heavy atom. The Bertz CT molecular complexity index is 496. The van der Waals surface area contributed by atoms with Crippen molar-refractivity contribution in [2.24, 2.45) is 29.6 Å². The molecule has 0 amide bonds. The molecule has 0 radical (unpaired) electrons. The van der Waals surface area contributed by atoms with Gasteiger partial charge in [-0.3, -0.25) is 4.79 Å². The lowest BCUT2D eigenvalue weighted by atomic mass is 9.55. The summed E-state index contributed by atoms with van der Waals surface area (Å²) in [4.78, 5) is 11.7. The summed E-state index contributed by atoms with van der Waals surface area (Å²) >= 11 is 0. The van der Waals surface area contributed by atoms with E-state index in [4.69, 9.17) is 0 Å². The summed E-state index contributed by atoms with van der Waals surface area (Å²) in [6.45, 7) is 4.25. The van der Waals surface area contributed by atoms with Crippen LogP contribution in [0.2, 0.25) is 0 Å². The molecule has 2 fully saturated rings. The summed E-state index contributed by atoms with van der Waals surface area (Å²) < 4.78 is 0. The molecule has 0 aromatic heterocycles. The van der Waals surface area contributed by atoms with E-state index < -0.39 is 0 Å². The van der Waals surface area contributed by atoms with E-state index >= 15 is 0 Å². The molecule has 1 nitrogen and oxygen atoms in total. The van der Waals surface area contributed by atoms with E-state index in [-0.39, 0.29) is 5.78 Å². The second kappa shape index (κ2) is 4.19. The van der Waals surface area contributed by atoms with Crippen molar-refractivity contribution >= 4 is 5.78 Å². The molecule has 1 heteroatoms. The molecule has 0 spiro atoms. The van der Waals surface area contributed by atoms with Crippen molar-refractivity contribution in [3.05, 3.63) is 36.0 Å². The molecule has 4 aliphatic rings. The third kappa shape index (κ3) is 1.70. The smallest absolute Gasteiger partial charge is 0.159 e. The first-order valence-electron chi connectivity index (χ1n) is 7.81. The van der Waals surface area contributed by atoms with E-state index in [1.807, 2.05) is 6.08 Å². The third-order valence-corrected chi connectivity index (χ3v) is 6.06. The highest BCUT2D eigenvalue weighted by Gasteiger charge is 2.47. The van der Waals surface area contributed by atoms with Crippen molar-refractivity contribution in [1.29, 1.82) is 0 Å². The van der Waals surface area contributed by atoms with Crippen LogP contribution in [0, 0.1) is 29.6 Å². The molecule has 0 aliphatic heterocycles. The highest BCUT2D eigenvalue weighted by Crippen LogP contribution is 2.55. The highest BCUT2D eigenvalue weighted by atomic mass is 16.1. The Morgan fingerprint density at radius 3 is 2.89 bits per heavy atom. The largest absolute Gasteiger partial charge is 0.295 e. The number of carbonyl (C=O) groups is 1. The molecule has 0 bridgehead atoms. The van der Waals surface area contributed by atoms with Gasteiger partial charge in [-0.25, -0.2) is 0 Å². The lowest BCUT2D eigenvalue weighted by Gasteiger charge is -2.49. The maximum absolute atomic E-state index is 11.7. The molecule has 0 N–H and O–H groups in total. The molecule has 0 aromatic carbocycles. The van der Waals surface area contributed by atoms with Gasteiger partial charge in [-0.1, -0.05) is 29.9 Å².